The summed E-state index contributed by atoms with van der Waals surface area (Å²) in [5, 5.41) is 12.4. The minimum Gasteiger partial charge on any atom is -0.478 e. The normalized spacial score (nSPS) is 11.0. The van der Waals surface area contributed by atoms with Crippen molar-refractivity contribution >= 4 is 39.8 Å². The zero-order chi connectivity index (χ0) is 18.1. The van der Waals surface area contributed by atoms with Gasteiger partial charge in [-0.25, -0.2) is 4.79 Å². The van der Waals surface area contributed by atoms with Crippen LogP contribution in [0.25, 0.3) is 10.9 Å². The lowest BCUT2D eigenvalue weighted by atomic mass is 10.2. The van der Waals surface area contributed by atoms with E-state index in [1.807, 2.05) is 24.3 Å². The zero-order valence-corrected chi connectivity index (χ0v) is 15.1. The second kappa shape index (κ2) is 6.86. The maximum absolute atomic E-state index is 11.0. The van der Waals surface area contributed by atoms with E-state index in [0.717, 1.165) is 17.4 Å². The van der Waals surface area contributed by atoms with Crippen molar-refractivity contribution < 1.29 is 14.6 Å². The van der Waals surface area contributed by atoms with Crippen LogP contribution in [0.4, 0.5) is 0 Å². The number of hydrogen-bond acceptors (Lipinski definition) is 3. The van der Waals surface area contributed by atoms with Gasteiger partial charge in [-0.2, -0.15) is 0 Å². The van der Waals surface area contributed by atoms with Crippen molar-refractivity contribution in [1.29, 1.82) is 0 Å². The van der Waals surface area contributed by atoms with Gasteiger partial charge >= 0.3 is 5.97 Å². The van der Waals surface area contributed by atoms with Crippen LogP contribution >= 0.6 is 22.9 Å². The van der Waals surface area contributed by atoms with Crippen LogP contribution < -0.4 is 4.74 Å². The van der Waals surface area contributed by atoms with Gasteiger partial charge in [0.2, 0.25) is 0 Å². The summed E-state index contributed by atoms with van der Waals surface area (Å²) in [6, 6.07) is 16.5. The molecular formula is C20H14ClNO3S. The zero-order valence-electron chi connectivity index (χ0n) is 13.6. The predicted molar refractivity (Wildman–Crippen MR) is 104 cm³/mol. The molecular weight excluding hydrogens is 370 g/mol. The van der Waals surface area contributed by atoms with Crippen LogP contribution in [0.3, 0.4) is 0 Å². The lowest BCUT2D eigenvalue weighted by Crippen LogP contribution is -1.96. The second-order valence-electron chi connectivity index (χ2n) is 5.80. The Morgan fingerprint density at radius 1 is 1.15 bits per heavy atom. The molecule has 0 saturated heterocycles. The van der Waals surface area contributed by atoms with Gasteiger partial charge in [-0.1, -0.05) is 17.7 Å². The molecule has 0 fully saturated rings. The number of fused-ring (bicyclic) bond motifs is 1. The Morgan fingerprint density at radius 2 is 2.04 bits per heavy atom. The minimum absolute atomic E-state index is 0.128. The van der Waals surface area contributed by atoms with E-state index in [1.165, 1.54) is 17.0 Å². The summed E-state index contributed by atoms with van der Waals surface area (Å²) >= 11 is 7.87. The van der Waals surface area contributed by atoms with Crippen LogP contribution in [-0.2, 0) is 6.54 Å². The van der Waals surface area contributed by atoms with Gasteiger partial charge in [0.05, 0.1) is 17.1 Å². The van der Waals surface area contributed by atoms with Crippen molar-refractivity contribution in [2.75, 3.05) is 0 Å². The van der Waals surface area contributed by atoms with Gasteiger partial charge in [-0.15, -0.1) is 11.3 Å². The van der Waals surface area contributed by atoms with Crippen LogP contribution in [0, 0.1) is 0 Å². The molecule has 0 amide bonds. The smallest absolute Gasteiger partial charge is 0.335 e. The van der Waals surface area contributed by atoms with Crippen molar-refractivity contribution in [3.63, 3.8) is 0 Å². The molecule has 0 aliphatic carbocycles. The van der Waals surface area contributed by atoms with Gasteiger partial charge in [0.1, 0.15) is 11.5 Å². The highest BCUT2D eigenvalue weighted by atomic mass is 35.5. The SMILES string of the molecule is O=C(O)c1ccc(Oc2ccc3c(ccn3Cc3cccs3)c2)c(Cl)c1. The summed E-state index contributed by atoms with van der Waals surface area (Å²) in [4.78, 5) is 12.3. The molecule has 0 aliphatic rings. The molecule has 2 heterocycles. The van der Waals surface area contributed by atoms with Gasteiger partial charge in [-0.05, 0) is 53.9 Å². The van der Waals surface area contributed by atoms with Crippen LogP contribution in [-0.4, -0.2) is 15.6 Å². The first kappa shape index (κ1) is 16.7. The largest absolute Gasteiger partial charge is 0.478 e. The summed E-state index contributed by atoms with van der Waals surface area (Å²) in [5.74, 6) is 0.0531. The Balaban J connectivity index is 1.59. The van der Waals surface area contributed by atoms with Crippen LogP contribution in [0.1, 0.15) is 15.2 Å². The molecule has 0 spiro atoms. The molecule has 1 N–H and O–H groups in total. The molecule has 2 aromatic heterocycles. The number of halogens is 1. The van der Waals surface area contributed by atoms with Crippen LogP contribution in [0.15, 0.2) is 66.2 Å². The Labute approximate surface area is 158 Å². The third kappa shape index (κ3) is 3.31. The number of hydrogen-bond donors (Lipinski definition) is 1. The highest BCUT2D eigenvalue weighted by Crippen LogP contribution is 2.32. The molecule has 4 aromatic rings. The highest BCUT2D eigenvalue weighted by Gasteiger charge is 2.10. The monoisotopic (exact) mass is 383 g/mol. The number of carboxylic acid groups (broad SMARTS) is 1. The highest BCUT2D eigenvalue weighted by molar-refractivity contribution is 7.09. The summed E-state index contributed by atoms with van der Waals surface area (Å²) in [6.07, 6.45) is 2.06. The average molecular weight is 384 g/mol. The molecule has 0 aliphatic heterocycles. The first-order valence-electron chi connectivity index (χ1n) is 7.92. The number of carboxylic acids is 1. The summed E-state index contributed by atoms with van der Waals surface area (Å²) in [6.45, 7) is 0.837. The Morgan fingerprint density at radius 3 is 2.77 bits per heavy atom. The molecule has 26 heavy (non-hydrogen) atoms. The van der Waals surface area contributed by atoms with Gasteiger partial charge in [-0.3, -0.25) is 0 Å². The van der Waals surface area contributed by atoms with Gasteiger partial charge < -0.3 is 14.4 Å². The van der Waals surface area contributed by atoms with E-state index < -0.39 is 5.97 Å². The molecule has 130 valence electrons. The van der Waals surface area contributed by atoms with E-state index in [0.29, 0.717) is 11.5 Å². The maximum atomic E-state index is 11.0. The fourth-order valence-corrected chi connectivity index (χ4v) is 3.72. The lowest BCUT2D eigenvalue weighted by molar-refractivity contribution is 0.0697. The number of aromatic carboxylic acids is 1. The predicted octanol–water partition coefficient (Wildman–Crippen LogP) is 5.90. The first-order chi connectivity index (χ1) is 12.6. The number of ether oxygens (including phenoxy) is 1. The Kier molecular flexibility index (Phi) is 4.41. The Bertz CT molecular complexity index is 1090. The van der Waals surface area contributed by atoms with E-state index in [4.69, 9.17) is 21.4 Å². The molecule has 4 nitrogen and oxygen atoms in total. The third-order valence-electron chi connectivity index (χ3n) is 4.06. The number of thiophene rings is 1. The number of carbonyl (C=O) groups is 1. The summed E-state index contributed by atoms with van der Waals surface area (Å²) < 4.78 is 8.03. The van der Waals surface area contributed by atoms with E-state index in [2.05, 4.69) is 28.3 Å². The number of rotatable bonds is 5. The molecule has 2 aromatic carbocycles. The molecule has 0 unspecified atom stereocenters. The lowest BCUT2D eigenvalue weighted by Gasteiger charge is -2.09. The summed E-state index contributed by atoms with van der Waals surface area (Å²) in [5.41, 5.74) is 1.25. The average Bonchev–Trinajstić information content (AvgIpc) is 3.27. The molecule has 4 rings (SSSR count). The van der Waals surface area contributed by atoms with Gasteiger partial charge in [0.25, 0.3) is 0 Å². The summed E-state index contributed by atoms with van der Waals surface area (Å²) in [7, 11) is 0. The van der Waals surface area contributed by atoms with Crippen molar-refractivity contribution in [2.24, 2.45) is 0 Å². The minimum atomic E-state index is -1.02. The van der Waals surface area contributed by atoms with Crippen molar-refractivity contribution in [2.45, 2.75) is 6.54 Å². The van der Waals surface area contributed by atoms with E-state index >= 15 is 0 Å². The topological polar surface area (TPSA) is 51.5 Å². The second-order valence-corrected chi connectivity index (χ2v) is 7.24. The molecule has 6 heteroatoms. The third-order valence-corrected chi connectivity index (χ3v) is 5.21. The van der Waals surface area contributed by atoms with Crippen molar-refractivity contribution in [1.82, 2.24) is 4.57 Å². The fraction of sp³-hybridized carbons (Fsp3) is 0.0500. The van der Waals surface area contributed by atoms with Crippen LogP contribution in [0.5, 0.6) is 11.5 Å². The van der Waals surface area contributed by atoms with E-state index in [1.54, 1.807) is 17.4 Å². The van der Waals surface area contributed by atoms with Gasteiger partial charge in [0.15, 0.2) is 0 Å². The number of aromatic nitrogens is 1. The molecule has 0 atom stereocenters. The molecule has 0 saturated carbocycles. The molecule has 0 bridgehead atoms. The number of benzene rings is 2. The van der Waals surface area contributed by atoms with Crippen molar-refractivity contribution in [3.05, 3.63) is 81.6 Å². The Hall–Kier alpha value is -2.76. The van der Waals surface area contributed by atoms with E-state index in [9.17, 15) is 4.79 Å². The first-order valence-corrected chi connectivity index (χ1v) is 9.18. The standard InChI is InChI=1S/C20H14ClNO3S/c21-17-11-14(20(23)24)3-6-19(17)25-15-4-5-18-13(10-15)7-8-22(18)12-16-2-1-9-26-16/h1-11H,12H2,(H,23,24). The fourth-order valence-electron chi connectivity index (χ4n) is 2.79. The maximum Gasteiger partial charge on any atom is 0.335 e. The number of nitrogens with zero attached hydrogens (tertiary/aromatic N) is 1. The van der Waals surface area contributed by atoms with Crippen LogP contribution in [0.2, 0.25) is 5.02 Å². The van der Waals surface area contributed by atoms with E-state index in [-0.39, 0.29) is 10.6 Å². The quantitative estimate of drug-likeness (QED) is 0.467. The van der Waals surface area contributed by atoms with Gasteiger partial charge in [0, 0.05) is 22.0 Å². The molecule has 0 radical (unpaired) electrons. The van der Waals surface area contributed by atoms with Crippen molar-refractivity contribution in [3.8, 4) is 11.5 Å².